The Morgan fingerprint density at radius 2 is 1.68 bits per heavy atom. The molecule has 2 aromatic rings. The normalized spacial score (nSPS) is 10.4. The second-order valence-corrected chi connectivity index (χ2v) is 5.69. The molecule has 1 amide bonds. The van der Waals surface area contributed by atoms with E-state index in [2.05, 4.69) is 0 Å². The average Bonchev–Trinajstić information content (AvgIpc) is 2.51. The number of benzene rings is 2. The van der Waals surface area contributed by atoms with Crippen molar-refractivity contribution in [3.05, 3.63) is 64.7 Å². The van der Waals surface area contributed by atoms with Gasteiger partial charge in [0.25, 0.3) is 5.91 Å². The molecule has 0 aliphatic rings. The quantitative estimate of drug-likeness (QED) is 0.841. The van der Waals surface area contributed by atoms with Gasteiger partial charge in [-0.15, -0.1) is 0 Å². The number of hydrogen-bond donors (Lipinski definition) is 0. The van der Waals surface area contributed by atoms with Gasteiger partial charge in [-0.25, -0.2) is 0 Å². The zero-order valence-corrected chi connectivity index (χ0v) is 13.7. The van der Waals surface area contributed by atoms with Crippen LogP contribution in [0.2, 0.25) is 0 Å². The summed E-state index contributed by atoms with van der Waals surface area (Å²) < 4.78 is 5.67. The van der Waals surface area contributed by atoms with Crippen LogP contribution in [0, 0.1) is 20.8 Å². The molecular weight excluding hydrogens is 274 g/mol. The predicted molar refractivity (Wildman–Crippen MR) is 89.6 cm³/mol. The number of carbonyl (C=O) groups is 1. The van der Waals surface area contributed by atoms with E-state index in [0.29, 0.717) is 13.2 Å². The van der Waals surface area contributed by atoms with Crippen LogP contribution in [0.5, 0.6) is 5.75 Å². The molecule has 0 bridgehead atoms. The Labute approximate surface area is 132 Å². The number of ether oxygens (including phenoxy) is 1. The van der Waals surface area contributed by atoms with Gasteiger partial charge in [-0.2, -0.15) is 0 Å². The molecule has 22 heavy (non-hydrogen) atoms. The summed E-state index contributed by atoms with van der Waals surface area (Å²) in [7, 11) is 1.80. The summed E-state index contributed by atoms with van der Waals surface area (Å²) in [5.74, 6) is 0.855. The van der Waals surface area contributed by atoms with Gasteiger partial charge < -0.3 is 9.64 Å². The topological polar surface area (TPSA) is 29.5 Å². The summed E-state index contributed by atoms with van der Waals surface area (Å²) in [6.07, 6.45) is 0. The third-order valence-corrected chi connectivity index (χ3v) is 3.82. The van der Waals surface area contributed by atoms with E-state index < -0.39 is 0 Å². The Kier molecular flexibility index (Phi) is 5.21. The molecule has 0 fully saturated rings. The summed E-state index contributed by atoms with van der Waals surface area (Å²) in [5.41, 5.74) is 4.26. The predicted octanol–water partition coefficient (Wildman–Crippen LogP) is 3.76. The van der Waals surface area contributed by atoms with Crippen LogP contribution in [-0.2, 0) is 0 Å². The van der Waals surface area contributed by atoms with Crippen molar-refractivity contribution in [2.24, 2.45) is 0 Å². The molecule has 0 aliphatic heterocycles. The van der Waals surface area contributed by atoms with Gasteiger partial charge in [0.2, 0.25) is 0 Å². The van der Waals surface area contributed by atoms with E-state index in [-0.39, 0.29) is 5.91 Å². The van der Waals surface area contributed by atoms with Crippen LogP contribution in [-0.4, -0.2) is 31.0 Å². The zero-order chi connectivity index (χ0) is 16.1. The monoisotopic (exact) mass is 297 g/mol. The minimum Gasteiger partial charge on any atom is -0.492 e. The number of amides is 1. The number of hydrogen-bond acceptors (Lipinski definition) is 2. The average molecular weight is 297 g/mol. The third kappa shape index (κ3) is 4.10. The molecule has 0 spiro atoms. The first-order valence-corrected chi connectivity index (χ1v) is 7.49. The van der Waals surface area contributed by atoms with Gasteiger partial charge in [-0.05, 0) is 56.2 Å². The van der Waals surface area contributed by atoms with Crippen molar-refractivity contribution in [1.82, 2.24) is 4.90 Å². The van der Waals surface area contributed by atoms with Crippen molar-refractivity contribution in [3.8, 4) is 5.75 Å². The van der Waals surface area contributed by atoms with E-state index in [1.807, 2.05) is 63.2 Å². The van der Waals surface area contributed by atoms with Gasteiger partial charge in [0.05, 0.1) is 6.54 Å². The molecule has 3 nitrogen and oxygen atoms in total. The molecule has 0 aliphatic carbocycles. The molecule has 0 saturated carbocycles. The van der Waals surface area contributed by atoms with Gasteiger partial charge >= 0.3 is 0 Å². The van der Waals surface area contributed by atoms with Crippen molar-refractivity contribution in [1.29, 1.82) is 0 Å². The molecule has 2 aromatic carbocycles. The van der Waals surface area contributed by atoms with E-state index in [4.69, 9.17) is 4.74 Å². The second kappa shape index (κ2) is 7.12. The highest BCUT2D eigenvalue weighted by Gasteiger charge is 2.12. The lowest BCUT2D eigenvalue weighted by atomic mass is 10.1. The fourth-order valence-electron chi connectivity index (χ4n) is 2.13. The first-order valence-electron chi connectivity index (χ1n) is 7.49. The summed E-state index contributed by atoms with van der Waals surface area (Å²) in [4.78, 5) is 14.1. The zero-order valence-electron chi connectivity index (χ0n) is 13.7. The SMILES string of the molecule is Cc1ccc(OCCN(C)C(=O)c2ccc(C)c(C)c2)cc1. The molecular formula is C19H23NO2. The van der Waals surface area contributed by atoms with Crippen molar-refractivity contribution < 1.29 is 9.53 Å². The largest absolute Gasteiger partial charge is 0.492 e. The molecule has 0 radical (unpaired) electrons. The maximum atomic E-state index is 12.4. The van der Waals surface area contributed by atoms with Crippen LogP contribution < -0.4 is 4.74 Å². The maximum Gasteiger partial charge on any atom is 0.253 e. The van der Waals surface area contributed by atoms with Crippen molar-refractivity contribution in [2.75, 3.05) is 20.2 Å². The Hall–Kier alpha value is -2.29. The van der Waals surface area contributed by atoms with E-state index in [1.165, 1.54) is 11.1 Å². The summed E-state index contributed by atoms with van der Waals surface area (Å²) in [6.45, 7) is 7.14. The lowest BCUT2D eigenvalue weighted by molar-refractivity contribution is 0.0773. The smallest absolute Gasteiger partial charge is 0.253 e. The highest BCUT2D eigenvalue weighted by Crippen LogP contribution is 2.13. The number of carbonyl (C=O) groups excluding carboxylic acids is 1. The second-order valence-electron chi connectivity index (χ2n) is 5.69. The van der Waals surface area contributed by atoms with Crippen LogP contribution in [0.25, 0.3) is 0 Å². The van der Waals surface area contributed by atoms with Crippen LogP contribution in [0.1, 0.15) is 27.0 Å². The van der Waals surface area contributed by atoms with Crippen LogP contribution >= 0.6 is 0 Å². The fourth-order valence-corrected chi connectivity index (χ4v) is 2.13. The first-order chi connectivity index (χ1) is 10.5. The van der Waals surface area contributed by atoms with Crippen LogP contribution in [0.15, 0.2) is 42.5 Å². The Morgan fingerprint density at radius 3 is 2.32 bits per heavy atom. The highest BCUT2D eigenvalue weighted by molar-refractivity contribution is 5.94. The Balaban J connectivity index is 1.88. The van der Waals surface area contributed by atoms with Crippen molar-refractivity contribution in [3.63, 3.8) is 0 Å². The van der Waals surface area contributed by atoms with Crippen molar-refractivity contribution >= 4 is 5.91 Å². The van der Waals surface area contributed by atoms with Gasteiger partial charge in [-0.1, -0.05) is 23.8 Å². The maximum absolute atomic E-state index is 12.4. The van der Waals surface area contributed by atoms with E-state index in [0.717, 1.165) is 16.9 Å². The van der Waals surface area contributed by atoms with E-state index in [9.17, 15) is 4.79 Å². The molecule has 0 saturated heterocycles. The van der Waals surface area contributed by atoms with Gasteiger partial charge in [-0.3, -0.25) is 4.79 Å². The lowest BCUT2D eigenvalue weighted by Crippen LogP contribution is -2.30. The number of nitrogens with zero attached hydrogens (tertiary/aromatic N) is 1. The molecule has 0 unspecified atom stereocenters. The standard InChI is InChI=1S/C19H23NO2/c1-14-5-9-18(10-6-14)22-12-11-20(4)19(21)17-8-7-15(2)16(3)13-17/h5-10,13H,11-12H2,1-4H3. The minimum absolute atomic E-state index is 0.0237. The van der Waals surface area contributed by atoms with Crippen molar-refractivity contribution in [2.45, 2.75) is 20.8 Å². The minimum atomic E-state index is 0.0237. The molecule has 0 heterocycles. The lowest BCUT2D eigenvalue weighted by Gasteiger charge is -2.18. The van der Waals surface area contributed by atoms with Gasteiger partial charge in [0.1, 0.15) is 12.4 Å². The summed E-state index contributed by atoms with van der Waals surface area (Å²) in [6, 6.07) is 13.7. The van der Waals surface area contributed by atoms with Crippen LogP contribution in [0.4, 0.5) is 0 Å². The van der Waals surface area contributed by atoms with E-state index in [1.54, 1.807) is 11.9 Å². The molecule has 116 valence electrons. The molecule has 3 heteroatoms. The molecule has 0 N–H and O–H groups in total. The first kappa shape index (κ1) is 16.1. The molecule has 0 aromatic heterocycles. The van der Waals surface area contributed by atoms with Gasteiger partial charge in [0, 0.05) is 12.6 Å². The van der Waals surface area contributed by atoms with E-state index >= 15 is 0 Å². The van der Waals surface area contributed by atoms with Crippen LogP contribution in [0.3, 0.4) is 0 Å². The highest BCUT2D eigenvalue weighted by atomic mass is 16.5. The number of aryl methyl sites for hydroxylation is 3. The number of likely N-dealkylation sites (N-methyl/N-ethyl adjacent to an activating group) is 1. The summed E-state index contributed by atoms with van der Waals surface area (Å²) in [5, 5.41) is 0. The Bertz CT molecular complexity index is 647. The third-order valence-electron chi connectivity index (χ3n) is 3.82. The summed E-state index contributed by atoms with van der Waals surface area (Å²) >= 11 is 0. The van der Waals surface area contributed by atoms with Gasteiger partial charge in [0.15, 0.2) is 0 Å². The Morgan fingerprint density at radius 1 is 1.00 bits per heavy atom. The molecule has 2 rings (SSSR count). The number of rotatable bonds is 5. The fraction of sp³-hybridized carbons (Fsp3) is 0.316. The molecule has 0 atom stereocenters.